The fraction of sp³-hybridized carbons (Fsp3) is 0.0385. The first-order valence-corrected chi connectivity index (χ1v) is 10.6. The monoisotopic (exact) mass is 465 g/mol. The van der Waals surface area contributed by atoms with Gasteiger partial charge in [0, 0.05) is 22.9 Å². The van der Waals surface area contributed by atoms with Crippen LogP contribution in [0.15, 0.2) is 79.1 Å². The smallest absolute Gasteiger partial charge is 0.335 e. The lowest BCUT2D eigenvalue weighted by molar-refractivity contribution is 0.0696. The number of pyridine rings is 1. The van der Waals surface area contributed by atoms with Crippen LogP contribution in [-0.4, -0.2) is 36.4 Å². The summed E-state index contributed by atoms with van der Waals surface area (Å²) in [5.41, 5.74) is 10.1. The number of ether oxygens (including phenoxy) is 1. The number of anilines is 1. The van der Waals surface area contributed by atoms with E-state index < -0.39 is 5.97 Å². The zero-order valence-corrected chi connectivity index (χ0v) is 18.5. The molecule has 0 bridgehead atoms. The van der Waals surface area contributed by atoms with Crippen molar-refractivity contribution in [3.8, 4) is 34.0 Å². The predicted octanol–water partition coefficient (Wildman–Crippen LogP) is 4.73. The average Bonchev–Trinajstić information content (AvgIpc) is 3.29. The lowest BCUT2D eigenvalue weighted by Gasteiger charge is -2.12. The number of carboxylic acid groups (broad SMARTS) is 1. The minimum absolute atomic E-state index is 0.00110. The third-order valence-electron chi connectivity index (χ3n) is 5.46. The van der Waals surface area contributed by atoms with Crippen molar-refractivity contribution in [1.29, 1.82) is 0 Å². The molecule has 3 aromatic heterocycles. The Bertz CT molecular complexity index is 1560. The van der Waals surface area contributed by atoms with E-state index in [1.165, 1.54) is 35.7 Å². The van der Waals surface area contributed by atoms with Gasteiger partial charge in [-0.3, -0.25) is 9.78 Å². The molecule has 0 saturated heterocycles. The molecule has 0 amide bonds. The first-order chi connectivity index (χ1) is 16.9. The highest BCUT2D eigenvalue weighted by Gasteiger charge is 2.22. The topological polar surface area (TPSA) is 133 Å². The lowest BCUT2D eigenvalue weighted by atomic mass is 10.1. The van der Waals surface area contributed by atoms with Gasteiger partial charge in [-0.25, -0.2) is 4.79 Å². The molecule has 0 radical (unpaired) electrons. The van der Waals surface area contributed by atoms with Gasteiger partial charge in [-0.15, -0.1) is 0 Å². The van der Waals surface area contributed by atoms with Crippen molar-refractivity contribution in [3.05, 3.63) is 90.3 Å². The summed E-state index contributed by atoms with van der Waals surface area (Å²) in [6.45, 7) is 1.36. The van der Waals surface area contributed by atoms with Crippen LogP contribution in [0.25, 0.3) is 28.0 Å². The number of aromatic nitrogens is 4. The van der Waals surface area contributed by atoms with Gasteiger partial charge in [0.25, 0.3) is 0 Å². The van der Waals surface area contributed by atoms with Crippen molar-refractivity contribution in [2.75, 3.05) is 5.73 Å². The van der Waals surface area contributed by atoms with Gasteiger partial charge in [-0.05, 0) is 37.3 Å². The Balaban J connectivity index is 1.57. The second kappa shape index (κ2) is 8.71. The van der Waals surface area contributed by atoms with Crippen LogP contribution in [0, 0.1) is 0 Å². The lowest BCUT2D eigenvalue weighted by Crippen LogP contribution is -2.11. The Labute approximate surface area is 199 Å². The zero-order valence-electron chi connectivity index (χ0n) is 18.5. The summed E-state index contributed by atoms with van der Waals surface area (Å²) in [4.78, 5) is 32.6. The maximum atomic E-state index is 12.4. The van der Waals surface area contributed by atoms with Crippen LogP contribution >= 0.6 is 0 Å². The maximum absolute atomic E-state index is 12.4. The Kier molecular flexibility index (Phi) is 5.42. The molecule has 0 aliphatic carbocycles. The number of carbonyl (C=O) groups excluding carboxylic acids is 1. The van der Waals surface area contributed by atoms with Crippen molar-refractivity contribution >= 4 is 23.2 Å². The van der Waals surface area contributed by atoms with E-state index in [2.05, 4.69) is 15.1 Å². The van der Waals surface area contributed by atoms with Crippen molar-refractivity contribution in [1.82, 2.24) is 19.6 Å². The summed E-state index contributed by atoms with van der Waals surface area (Å²) in [7, 11) is 0. The van der Waals surface area contributed by atoms with E-state index in [-0.39, 0.29) is 28.6 Å². The van der Waals surface area contributed by atoms with Gasteiger partial charge in [-0.2, -0.15) is 14.6 Å². The van der Waals surface area contributed by atoms with Crippen LogP contribution in [0.3, 0.4) is 0 Å². The van der Waals surface area contributed by atoms with Gasteiger partial charge in [0.1, 0.15) is 17.1 Å². The van der Waals surface area contributed by atoms with Crippen LogP contribution in [0.4, 0.5) is 5.82 Å². The van der Waals surface area contributed by atoms with Crippen LogP contribution in [0.5, 0.6) is 11.6 Å². The molecule has 3 heterocycles. The number of nitrogens with zero attached hydrogens (tertiary/aromatic N) is 4. The first-order valence-electron chi connectivity index (χ1n) is 10.6. The number of hydrogen-bond donors (Lipinski definition) is 2. The van der Waals surface area contributed by atoms with Gasteiger partial charge in [0.2, 0.25) is 5.88 Å². The van der Waals surface area contributed by atoms with Crippen LogP contribution in [0.2, 0.25) is 0 Å². The Hall–Kier alpha value is -5.05. The standard InChI is InChI=1S/C26H19N5O4/c1-15(32)22-23(27)31-24(30-25(22)35-19-10-7-17(8-11-19)26(33)34)20(14-29-31)18-9-12-21(28-13-18)16-5-3-2-4-6-16/h2-14H,27H2,1H3,(H,33,34). The van der Waals surface area contributed by atoms with Crippen molar-refractivity contribution in [2.45, 2.75) is 6.92 Å². The van der Waals surface area contributed by atoms with Crippen LogP contribution in [-0.2, 0) is 0 Å². The molecule has 0 aliphatic heterocycles. The largest absolute Gasteiger partial charge is 0.478 e. The minimum Gasteiger partial charge on any atom is -0.478 e. The van der Waals surface area contributed by atoms with Gasteiger partial charge in [0.05, 0.1) is 17.5 Å². The summed E-state index contributed by atoms with van der Waals surface area (Å²) in [5, 5.41) is 13.4. The fourth-order valence-electron chi connectivity index (χ4n) is 3.71. The molecule has 5 rings (SSSR count). The summed E-state index contributed by atoms with van der Waals surface area (Å²) in [6, 6.07) is 19.4. The number of carbonyl (C=O) groups is 2. The summed E-state index contributed by atoms with van der Waals surface area (Å²) >= 11 is 0. The normalized spacial score (nSPS) is 10.9. The molecule has 0 unspecified atom stereocenters. The highest BCUT2D eigenvalue weighted by molar-refractivity contribution is 6.01. The van der Waals surface area contributed by atoms with E-state index >= 15 is 0 Å². The SMILES string of the molecule is CC(=O)c1c(Oc2ccc(C(=O)O)cc2)nc2c(-c3ccc(-c4ccccc4)nc3)cnn2c1N. The molecule has 5 aromatic rings. The number of aromatic carboxylic acids is 1. The molecular weight excluding hydrogens is 446 g/mol. The maximum Gasteiger partial charge on any atom is 0.335 e. The molecule has 0 spiro atoms. The van der Waals surface area contributed by atoms with Crippen LogP contribution in [0.1, 0.15) is 27.6 Å². The average molecular weight is 465 g/mol. The Morgan fingerprint density at radius 2 is 1.69 bits per heavy atom. The second-order valence-electron chi connectivity index (χ2n) is 7.76. The van der Waals surface area contributed by atoms with Crippen molar-refractivity contribution in [2.24, 2.45) is 0 Å². The molecule has 2 aromatic carbocycles. The van der Waals surface area contributed by atoms with Gasteiger partial charge >= 0.3 is 5.97 Å². The number of carboxylic acids is 1. The van der Waals surface area contributed by atoms with E-state index in [4.69, 9.17) is 15.6 Å². The van der Waals surface area contributed by atoms with Crippen LogP contribution < -0.4 is 10.5 Å². The predicted molar refractivity (Wildman–Crippen MR) is 130 cm³/mol. The number of ketones is 1. The second-order valence-corrected chi connectivity index (χ2v) is 7.76. The van der Waals surface area contributed by atoms with E-state index in [9.17, 15) is 9.59 Å². The summed E-state index contributed by atoms with van der Waals surface area (Å²) < 4.78 is 7.26. The quantitative estimate of drug-likeness (QED) is 0.344. The molecular formula is C26H19N5O4. The first kappa shape index (κ1) is 21.8. The number of nitrogens with two attached hydrogens (primary N) is 1. The highest BCUT2D eigenvalue weighted by Crippen LogP contribution is 2.33. The molecule has 3 N–H and O–H groups in total. The van der Waals surface area contributed by atoms with Crippen molar-refractivity contribution in [3.63, 3.8) is 0 Å². The van der Waals surface area contributed by atoms with E-state index in [1.54, 1.807) is 12.4 Å². The Morgan fingerprint density at radius 3 is 2.31 bits per heavy atom. The van der Waals surface area contributed by atoms with Crippen molar-refractivity contribution < 1.29 is 19.4 Å². The number of Topliss-reactive ketones (excluding diaryl/α,β-unsaturated/α-hetero) is 1. The van der Waals surface area contributed by atoms with Gasteiger partial charge in [-0.1, -0.05) is 36.4 Å². The highest BCUT2D eigenvalue weighted by atomic mass is 16.5. The number of nitrogen functional groups attached to an aromatic ring is 1. The number of rotatable bonds is 6. The molecule has 0 fully saturated rings. The van der Waals surface area contributed by atoms with E-state index in [0.717, 1.165) is 16.8 Å². The van der Waals surface area contributed by atoms with Gasteiger partial charge in [0.15, 0.2) is 11.4 Å². The summed E-state index contributed by atoms with van der Waals surface area (Å²) in [6.07, 6.45) is 3.33. The summed E-state index contributed by atoms with van der Waals surface area (Å²) in [5.74, 6) is -1.01. The number of fused-ring (bicyclic) bond motifs is 1. The number of benzene rings is 2. The molecule has 9 nitrogen and oxygen atoms in total. The third kappa shape index (κ3) is 4.06. The van der Waals surface area contributed by atoms with E-state index in [0.29, 0.717) is 17.0 Å². The van der Waals surface area contributed by atoms with E-state index in [1.807, 2.05) is 42.5 Å². The van der Waals surface area contributed by atoms with Gasteiger partial charge < -0.3 is 15.6 Å². The third-order valence-corrected chi connectivity index (χ3v) is 5.46. The zero-order chi connectivity index (χ0) is 24.5. The Morgan fingerprint density at radius 1 is 0.943 bits per heavy atom. The molecule has 0 atom stereocenters. The molecule has 172 valence electrons. The fourth-order valence-corrected chi connectivity index (χ4v) is 3.71. The molecule has 9 heteroatoms. The molecule has 0 aliphatic rings. The number of hydrogen-bond acceptors (Lipinski definition) is 7. The minimum atomic E-state index is -1.06. The molecule has 0 saturated carbocycles. The molecule has 35 heavy (non-hydrogen) atoms.